The first kappa shape index (κ1) is 10.8. The summed E-state index contributed by atoms with van der Waals surface area (Å²) in [5.41, 5.74) is 0.626. The number of hydrogen-bond donors (Lipinski definition) is 1. The molecule has 1 atom stereocenters. The molecular weight excluding hydrogens is 179 g/mol. The third-order valence-electron chi connectivity index (χ3n) is 1.78. The third-order valence-corrected chi connectivity index (χ3v) is 1.78. The van der Waals surface area contributed by atoms with Crippen molar-refractivity contribution in [2.24, 2.45) is 0 Å². The molecule has 3 nitrogen and oxygen atoms in total. The van der Waals surface area contributed by atoms with Gasteiger partial charge in [0.05, 0.1) is 6.61 Å². The number of ketones is 1. The summed E-state index contributed by atoms with van der Waals surface area (Å²) in [4.78, 5) is 10.9. The number of aliphatic hydroxyl groups is 1. The van der Waals surface area contributed by atoms with Crippen LogP contribution >= 0.6 is 0 Å². The Morgan fingerprint density at radius 1 is 1.50 bits per heavy atom. The van der Waals surface area contributed by atoms with E-state index in [4.69, 9.17) is 17.7 Å². The van der Waals surface area contributed by atoms with Gasteiger partial charge in [0.1, 0.15) is 13.6 Å². The molecule has 4 heteroatoms. The molecular formula is C10H11BO3. The maximum atomic E-state index is 10.9. The quantitative estimate of drug-likeness (QED) is 0.669. The third kappa shape index (κ3) is 2.89. The van der Waals surface area contributed by atoms with Crippen LogP contribution in [0.25, 0.3) is 0 Å². The maximum absolute atomic E-state index is 10.9. The number of aliphatic hydroxyl groups excluding tert-OH is 1. The van der Waals surface area contributed by atoms with E-state index in [-0.39, 0.29) is 12.4 Å². The lowest BCUT2D eigenvalue weighted by Gasteiger charge is -2.13. The Kier molecular flexibility index (Phi) is 3.71. The molecule has 0 aliphatic carbocycles. The van der Waals surface area contributed by atoms with Crippen LogP contribution in [-0.2, 0) is 4.79 Å². The van der Waals surface area contributed by atoms with Crippen LogP contribution in [0.1, 0.15) is 6.92 Å². The Morgan fingerprint density at radius 2 is 2.07 bits per heavy atom. The van der Waals surface area contributed by atoms with E-state index in [0.29, 0.717) is 11.2 Å². The number of rotatable bonds is 4. The molecule has 1 unspecified atom stereocenters. The molecule has 72 valence electrons. The monoisotopic (exact) mass is 190 g/mol. The van der Waals surface area contributed by atoms with E-state index in [1.807, 2.05) is 0 Å². The summed E-state index contributed by atoms with van der Waals surface area (Å²) in [6.07, 6.45) is -0.793. The van der Waals surface area contributed by atoms with Crippen LogP contribution in [0.3, 0.4) is 0 Å². The second-order valence-electron chi connectivity index (χ2n) is 2.97. The highest BCUT2D eigenvalue weighted by Gasteiger charge is 2.13. The Bertz CT molecular complexity index is 308. The summed E-state index contributed by atoms with van der Waals surface area (Å²) in [6.45, 7) is 1.05. The lowest BCUT2D eigenvalue weighted by Crippen LogP contribution is -2.28. The van der Waals surface area contributed by atoms with Crippen molar-refractivity contribution in [3.05, 3.63) is 24.3 Å². The van der Waals surface area contributed by atoms with Crippen molar-refractivity contribution in [3.63, 3.8) is 0 Å². The van der Waals surface area contributed by atoms with Gasteiger partial charge >= 0.3 is 0 Å². The first-order valence-electron chi connectivity index (χ1n) is 4.27. The van der Waals surface area contributed by atoms with Crippen LogP contribution in [0.5, 0.6) is 5.75 Å². The summed E-state index contributed by atoms with van der Waals surface area (Å²) in [7, 11) is 5.48. The standard InChI is InChI=1S/C10H11BO3/c1-7(13)10(6-12)14-9-4-2-8(11)3-5-9/h2-5,10,12H,6H2,1H3. The fourth-order valence-electron chi connectivity index (χ4n) is 0.959. The zero-order chi connectivity index (χ0) is 10.6. The number of hydrogen-bond acceptors (Lipinski definition) is 3. The molecule has 1 rings (SSSR count). The van der Waals surface area contributed by atoms with Crippen molar-refractivity contribution in [2.75, 3.05) is 6.61 Å². The van der Waals surface area contributed by atoms with Crippen molar-refractivity contribution >= 4 is 19.1 Å². The van der Waals surface area contributed by atoms with Gasteiger partial charge in [-0.05, 0) is 19.1 Å². The van der Waals surface area contributed by atoms with Gasteiger partial charge in [0.25, 0.3) is 0 Å². The number of ether oxygens (including phenoxy) is 1. The van der Waals surface area contributed by atoms with Gasteiger partial charge in [-0.3, -0.25) is 4.79 Å². The number of Topliss-reactive ketones (excluding diaryl/α,β-unsaturated/α-hetero) is 1. The predicted octanol–water partition coefficient (Wildman–Crippen LogP) is -0.191. The summed E-state index contributed by atoms with van der Waals surface area (Å²) in [6, 6.07) is 6.65. The second kappa shape index (κ2) is 4.81. The van der Waals surface area contributed by atoms with E-state index in [0.717, 1.165) is 0 Å². The molecule has 0 aromatic heterocycles. The molecule has 0 amide bonds. The largest absolute Gasteiger partial charge is 0.480 e. The van der Waals surface area contributed by atoms with E-state index < -0.39 is 6.10 Å². The molecule has 0 saturated carbocycles. The van der Waals surface area contributed by atoms with Crippen molar-refractivity contribution in [2.45, 2.75) is 13.0 Å². The molecule has 1 aromatic rings. The molecule has 0 fully saturated rings. The molecule has 14 heavy (non-hydrogen) atoms. The van der Waals surface area contributed by atoms with Gasteiger partial charge in [0.2, 0.25) is 0 Å². The Morgan fingerprint density at radius 3 is 2.50 bits per heavy atom. The minimum absolute atomic E-state index is 0.204. The zero-order valence-corrected chi connectivity index (χ0v) is 7.93. The fourth-order valence-corrected chi connectivity index (χ4v) is 0.959. The topological polar surface area (TPSA) is 46.5 Å². The average Bonchev–Trinajstić information content (AvgIpc) is 2.16. The maximum Gasteiger partial charge on any atom is 0.179 e. The first-order valence-corrected chi connectivity index (χ1v) is 4.27. The van der Waals surface area contributed by atoms with E-state index in [1.165, 1.54) is 6.92 Å². The summed E-state index contributed by atoms with van der Waals surface area (Å²) < 4.78 is 5.22. The lowest BCUT2D eigenvalue weighted by molar-refractivity contribution is -0.125. The van der Waals surface area contributed by atoms with Gasteiger partial charge in [-0.1, -0.05) is 17.6 Å². The number of benzene rings is 1. The Hall–Kier alpha value is -1.29. The van der Waals surface area contributed by atoms with Gasteiger partial charge in [-0.15, -0.1) is 0 Å². The van der Waals surface area contributed by atoms with Gasteiger partial charge in [0.15, 0.2) is 11.9 Å². The summed E-state index contributed by atoms with van der Waals surface area (Å²) in [5, 5.41) is 8.84. The first-order chi connectivity index (χ1) is 6.63. The van der Waals surface area contributed by atoms with Crippen molar-refractivity contribution in [1.82, 2.24) is 0 Å². The summed E-state index contributed by atoms with van der Waals surface area (Å²) >= 11 is 0. The molecule has 0 bridgehead atoms. The van der Waals surface area contributed by atoms with Crippen molar-refractivity contribution in [1.29, 1.82) is 0 Å². The smallest absolute Gasteiger partial charge is 0.179 e. The molecule has 0 heterocycles. The molecule has 2 radical (unpaired) electrons. The molecule has 0 aliphatic heterocycles. The second-order valence-corrected chi connectivity index (χ2v) is 2.97. The van der Waals surface area contributed by atoms with Crippen LogP contribution in [0, 0.1) is 0 Å². The highest BCUT2D eigenvalue weighted by Crippen LogP contribution is 2.10. The lowest BCUT2D eigenvalue weighted by atomic mass is 9.97. The summed E-state index contributed by atoms with van der Waals surface area (Å²) in [5.74, 6) is 0.317. The SMILES string of the molecule is [B]c1ccc(OC(CO)C(C)=O)cc1. The van der Waals surface area contributed by atoms with E-state index >= 15 is 0 Å². The van der Waals surface area contributed by atoms with Crippen LogP contribution in [0.15, 0.2) is 24.3 Å². The molecule has 1 N–H and O–H groups in total. The van der Waals surface area contributed by atoms with E-state index in [1.54, 1.807) is 24.3 Å². The van der Waals surface area contributed by atoms with E-state index in [9.17, 15) is 4.79 Å². The molecule has 0 spiro atoms. The average molecular weight is 190 g/mol. The fraction of sp³-hybridized carbons (Fsp3) is 0.300. The van der Waals surface area contributed by atoms with Gasteiger partial charge in [0, 0.05) is 0 Å². The number of carbonyl (C=O) groups is 1. The Labute approximate surface area is 84.1 Å². The van der Waals surface area contributed by atoms with Crippen LogP contribution in [0.2, 0.25) is 0 Å². The highest BCUT2D eigenvalue weighted by molar-refractivity contribution is 6.32. The van der Waals surface area contributed by atoms with Crippen LogP contribution in [0.4, 0.5) is 0 Å². The zero-order valence-electron chi connectivity index (χ0n) is 7.93. The van der Waals surface area contributed by atoms with Gasteiger partial charge in [-0.25, -0.2) is 0 Å². The minimum atomic E-state index is -0.793. The minimum Gasteiger partial charge on any atom is -0.480 e. The normalized spacial score (nSPS) is 12.1. The van der Waals surface area contributed by atoms with Gasteiger partial charge < -0.3 is 9.84 Å². The van der Waals surface area contributed by atoms with Crippen molar-refractivity contribution < 1.29 is 14.6 Å². The molecule has 1 aromatic carbocycles. The van der Waals surface area contributed by atoms with E-state index in [2.05, 4.69) is 0 Å². The molecule has 0 aliphatic rings. The van der Waals surface area contributed by atoms with Crippen molar-refractivity contribution in [3.8, 4) is 5.75 Å². The predicted molar refractivity (Wildman–Crippen MR) is 54.0 cm³/mol. The van der Waals surface area contributed by atoms with Crippen LogP contribution in [-0.4, -0.2) is 31.4 Å². The van der Waals surface area contributed by atoms with Gasteiger partial charge in [-0.2, -0.15) is 0 Å². The van der Waals surface area contributed by atoms with Crippen LogP contribution < -0.4 is 10.2 Å². The Balaban J connectivity index is 2.67. The number of carbonyl (C=O) groups excluding carboxylic acids is 1. The highest BCUT2D eigenvalue weighted by atomic mass is 16.5. The molecule has 0 saturated heterocycles.